The van der Waals surface area contributed by atoms with Gasteiger partial charge in [0.05, 0.1) is 6.10 Å². The first-order valence-corrected chi connectivity index (χ1v) is 7.39. The summed E-state index contributed by atoms with van der Waals surface area (Å²) < 4.78 is 0. The summed E-state index contributed by atoms with van der Waals surface area (Å²) in [6.45, 7) is 0.183. The molecule has 2 N–H and O–H groups in total. The molecule has 0 bridgehead atoms. The standard InChI is InChI=1S/C15H14ClNO2S/c16-13-4-2-1-3-11(13)5-6-15(19)17-9-14(18)12-7-8-20-10-12/h1-8,10,14,18H,9H2,(H,17,19)/b6-5+. The van der Waals surface area contributed by atoms with E-state index in [1.807, 2.05) is 35.0 Å². The molecule has 1 unspecified atom stereocenters. The van der Waals surface area contributed by atoms with Crippen molar-refractivity contribution in [3.63, 3.8) is 0 Å². The third-order valence-corrected chi connectivity index (χ3v) is 3.76. The second kappa shape index (κ2) is 7.24. The number of rotatable bonds is 5. The zero-order chi connectivity index (χ0) is 14.4. The number of thiophene rings is 1. The van der Waals surface area contributed by atoms with Crippen LogP contribution in [0.15, 0.2) is 47.2 Å². The number of amides is 1. The minimum absolute atomic E-state index is 0.183. The smallest absolute Gasteiger partial charge is 0.244 e. The third-order valence-electron chi connectivity index (χ3n) is 2.72. The highest BCUT2D eigenvalue weighted by atomic mass is 35.5. The number of aliphatic hydroxyl groups is 1. The highest BCUT2D eigenvalue weighted by Gasteiger charge is 2.08. The molecule has 3 nitrogen and oxygen atoms in total. The van der Waals surface area contributed by atoms with Gasteiger partial charge in [-0.05, 0) is 40.1 Å². The van der Waals surface area contributed by atoms with E-state index < -0.39 is 6.10 Å². The highest BCUT2D eigenvalue weighted by molar-refractivity contribution is 7.07. The van der Waals surface area contributed by atoms with E-state index in [1.165, 1.54) is 17.4 Å². The molecular formula is C15H14ClNO2S. The fraction of sp³-hybridized carbons (Fsp3) is 0.133. The van der Waals surface area contributed by atoms with E-state index >= 15 is 0 Å². The van der Waals surface area contributed by atoms with Gasteiger partial charge in [-0.3, -0.25) is 4.79 Å². The van der Waals surface area contributed by atoms with Crippen LogP contribution in [-0.4, -0.2) is 17.6 Å². The Kier molecular flexibility index (Phi) is 5.35. The fourth-order valence-corrected chi connectivity index (χ4v) is 2.52. The van der Waals surface area contributed by atoms with Gasteiger partial charge >= 0.3 is 0 Å². The van der Waals surface area contributed by atoms with Crippen LogP contribution in [0.3, 0.4) is 0 Å². The second-order valence-electron chi connectivity index (χ2n) is 4.17. The van der Waals surface area contributed by atoms with Crippen molar-refractivity contribution < 1.29 is 9.90 Å². The third kappa shape index (κ3) is 4.20. The Bertz CT molecular complexity index is 596. The number of benzene rings is 1. The van der Waals surface area contributed by atoms with Crippen LogP contribution in [0, 0.1) is 0 Å². The molecule has 1 heterocycles. The Labute approximate surface area is 126 Å². The van der Waals surface area contributed by atoms with Crippen molar-refractivity contribution in [3.05, 3.63) is 63.3 Å². The molecule has 0 aliphatic rings. The van der Waals surface area contributed by atoms with Crippen LogP contribution in [0.2, 0.25) is 5.02 Å². The van der Waals surface area contributed by atoms with Gasteiger partial charge in [0.25, 0.3) is 0 Å². The molecule has 104 valence electrons. The number of hydrogen-bond acceptors (Lipinski definition) is 3. The molecule has 2 rings (SSSR count). The average Bonchev–Trinajstić information content (AvgIpc) is 2.98. The summed E-state index contributed by atoms with van der Waals surface area (Å²) in [5, 5.41) is 16.8. The van der Waals surface area contributed by atoms with E-state index in [-0.39, 0.29) is 12.5 Å². The summed E-state index contributed by atoms with van der Waals surface area (Å²) >= 11 is 7.49. The van der Waals surface area contributed by atoms with Gasteiger partial charge in [0.1, 0.15) is 0 Å². The predicted octanol–water partition coefficient (Wildman–Crippen LogP) is 3.26. The zero-order valence-corrected chi connectivity index (χ0v) is 12.2. The first-order valence-electron chi connectivity index (χ1n) is 6.07. The van der Waals surface area contributed by atoms with E-state index in [4.69, 9.17) is 11.6 Å². The maximum Gasteiger partial charge on any atom is 0.244 e. The molecule has 1 atom stereocenters. The van der Waals surface area contributed by atoms with E-state index in [0.717, 1.165) is 11.1 Å². The van der Waals surface area contributed by atoms with Crippen molar-refractivity contribution in [1.82, 2.24) is 5.32 Å². The van der Waals surface area contributed by atoms with Crippen LogP contribution in [0.4, 0.5) is 0 Å². The molecule has 0 radical (unpaired) electrons. The van der Waals surface area contributed by atoms with Crippen molar-refractivity contribution in [3.8, 4) is 0 Å². The molecule has 1 aromatic heterocycles. The SMILES string of the molecule is O=C(/C=C/c1ccccc1Cl)NCC(O)c1ccsc1. The monoisotopic (exact) mass is 307 g/mol. The van der Waals surface area contributed by atoms with E-state index in [2.05, 4.69) is 5.32 Å². The van der Waals surface area contributed by atoms with Gasteiger partial charge in [-0.25, -0.2) is 0 Å². The van der Waals surface area contributed by atoms with Gasteiger partial charge in [-0.15, -0.1) is 0 Å². The average molecular weight is 308 g/mol. The molecular weight excluding hydrogens is 294 g/mol. The summed E-state index contributed by atoms with van der Waals surface area (Å²) in [5.41, 5.74) is 1.59. The Hall–Kier alpha value is -1.62. The van der Waals surface area contributed by atoms with Gasteiger partial charge in [-0.1, -0.05) is 29.8 Å². The van der Waals surface area contributed by atoms with E-state index in [1.54, 1.807) is 12.1 Å². The van der Waals surface area contributed by atoms with Crippen molar-refractivity contribution >= 4 is 34.9 Å². The summed E-state index contributed by atoms with van der Waals surface area (Å²) in [5.74, 6) is -0.265. The summed E-state index contributed by atoms with van der Waals surface area (Å²) in [6.07, 6.45) is 2.37. The Balaban J connectivity index is 1.85. The quantitative estimate of drug-likeness (QED) is 0.833. The molecule has 0 fully saturated rings. The Morgan fingerprint density at radius 1 is 1.40 bits per heavy atom. The van der Waals surface area contributed by atoms with Crippen molar-refractivity contribution in [2.75, 3.05) is 6.54 Å². The van der Waals surface area contributed by atoms with Crippen LogP contribution in [0.5, 0.6) is 0 Å². The number of halogens is 1. The van der Waals surface area contributed by atoms with E-state index in [0.29, 0.717) is 5.02 Å². The molecule has 20 heavy (non-hydrogen) atoms. The molecule has 0 saturated carbocycles. The summed E-state index contributed by atoms with van der Waals surface area (Å²) in [7, 11) is 0. The minimum Gasteiger partial charge on any atom is -0.387 e. The molecule has 1 amide bonds. The van der Waals surface area contributed by atoms with E-state index in [9.17, 15) is 9.90 Å². The topological polar surface area (TPSA) is 49.3 Å². The van der Waals surface area contributed by atoms with Crippen LogP contribution < -0.4 is 5.32 Å². The second-order valence-corrected chi connectivity index (χ2v) is 5.36. The molecule has 0 aliphatic heterocycles. The lowest BCUT2D eigenvalue weighted by Gasteiger charge is -2.08. The van der Waals surface area contributed by atoms with Gasteiger partial charge in [-0.2, -0.15) is 11.3 Å². The normalized spacial score (nSPS) is 12.5. The lowest BCUT2D eigenvalue weighted by molar-refractivity contribution is -0.116. The van der Waals surface area contributed by atoms with Gasteiger partial charge in [0.2, 0.25) is 5.91 Å². The predicted molar refractivity (Wildman–Crippen MR) is 82.8 cm³/mol. The zero-order valence-electron chi connectivity index (χ0n) is 10.6. The van der Waals surface area contributed by atoms with Crippen molar-refractivity contribution in [2.24, 2.45) is 0 Å². The van der Waals surface area contributed by atoms with Crippen molar-refractivity contribution in [1.29, 1.82) is 0 Å². The van der Waals surface area contributed by atoms with Crippen LogP contribution >= 0.6 is 22.9 Å². The lowest BCUT2D eigenvalue weighted by Crippen LogP contribution is -2.26. The number of nitrogens with one attached hydrogen (secondary N) is 1. The highest BCUT2D eigenvalue weighted by Crippen LogP contribution is 2.16. The first-order chi connectivity index (χ1) is 9.66. The van der Waals surface area contributed by atoms with Gasteiger partial charge in [0, 0.05) is 17.6 Å². The molecule has 0 saturated heterocycles. The largest absolute Gasteiger partial charge is 0.387 e. The van der Waals surface area contributed by atoms with Gasteiger partial charge in [0.15, 0.2) is 0 Å². The molecule has 0 aliphatic carbocycles. The molecule has 1 aromatic carbocycles. The number of carbonyl (C=O) groups is 1. The Morgan fingerprint density at radius 3 is 2.90 bits per heavy atom. The number of hydrogen-bond donors (Lipinski definition) is 2. The minimum atomic E-state index is -0.682. The number of aliphatic hydroxyl groups excluding tert-OH is 1. The fourth-order valence-electron chi connectivity index (χ4n) is 1.61. The number of carbonyl (C=O) groups excluding carboxylic acids is 1. The van der Waals surface area contributed by atoms with Gasteiger partial charge < -0.3 is 10.4 Å². The maximum atomic E-state index is 11.7. The Morgan fingerprint density at radius 2 is 2.20 bits per heavy atom. The van der Waals surface area contributed by atoms with Crippen LogP contribution in [0.25, 0.3) is 6.08 Å². The van der Waals surface area contributed by atoms with Crippen LogP contribution in [0.1, 0.15) is 17.2 Å². The lowest BCUT2D eigenvalue weighted by atomic mass is 10.2. The first kappa shape index (κ1) is 14.8. The molecule has 2 aromatic rings. The molecule has 5 heteroatoms. The molecule has 0 spiro atoms. The summed E-state index contributed by atoms with van der Waals surface area (Å²) in [6, 6.07) is 9.10. The van der Waals surface area contributed by atoms with Crippen molar-refractivity contribution in [2.45, 2.75) is 6.10 Å². The van der Waals surface area contributed by atoms with Crippen LogP contribution in [-0.2, 0) is 4.79 Å². The summed E-state index contributed by atoms with van der Waals surface area (Å²) in [4.78, 5) is 11.7. The maximum absolute atomic E-state index is 11.7.